The molecular formula is C14H13BrO. The highest BCUT2D eigenvalue weighted by molar-refractivity contribution is 9.10. The smallest absolute Gasteiger partial charge is 0.112 e. The molecule has 0 fully saturated rings. The second-order valence-electron chi connectivity index (χ2n) is 3.95. The fraction of sp³-hybridized carbons (Fsp3) is 0.143. The summed E-state index contributed by atoms with van der Waals surface area (Å²) in [5, 5.41) is 10.5. The number of halogens is 1. The largest absolute Gasteiger partial charge is 0.381 e. The molecule has 1 atom stereocenters. The average molecular weight is 277 g/mol. The summed E-state index contributed by atoms with van der Waals surface area (Å²) in [5.41, 5.74) is 0.848. The van der Waals surface area contributed by atoms with E-state index in [2.05, 4.69) is 15.9 Å². The molecule has 2 aromatic carbocycles. The molecule has 0 unspecified atom stereocenters. The monoisotopic (exact) mass is 276 g/mol. The van der Waals surface area contributed by atoms with Crippen molar-refractivity contribution in [1.82, 2.24) is 0 Å². The molecule has 82 valence electrons. The second kappa shape index (κ2) is 4.40. The van der Waals surface area contributed by atoms with E-state index in [4.69, 9.17) is 0 Å². The molecule has 0 amide bonds. The Hall–Kier alpha value is -1.12. The van der Waals surface area contributed by atoms with Crippen LogP contribution in [0.15, 0.2) is 59.1 Å². The molecule has 16 heavy (non-hydrogen) atoms. The van der Waals surface area contributed by atoms with Crippen molar-refractivity contribution in [1.29, 1.82) is 0 Å². The van der Waals surface area contributed by atoms with Crippen LogP contribution in [-0.4, -0.2) is 5.11 Å². The summed E-state index contributed by atoms with van der Waals surface area (Å²) in [5.74, 6) is 0. The molecule has 2 aromatic rings. The Morgan fingerprint density at radius 1 is 0.875 bits per heavy atom. The maximum atomic E-state index is 10.5. The zero-order chi connectivity index (χ0) is 11.6. The van der Waals surface area contributed by atoms with Crippen LogP contribution in [0.25, 0.3) is 0 Å². The summed E-state index contributed by atoms with van der Waals surface area (Å²) in [7, 11) is 0. The van der Waals surface area contributed by atoms with Crippen LogP contribution in [0.5, 0.6) is 0 Å². The lowest BCUT2D eigenvalue weighted by atomic mass is 9.88. The van der Waals surface area contributed by atoms with Crippen LogP contribution in [0, 0.1) is 0 Å². The van der Waals surface area contributed by atoms with Crippen molar-refractivity contribution in [2.45, 2.75) is 12.5 Å². The van der Waals surface area contributed by atoms with Gasteiger partial charge in [-0.3, -0.25) is 0 Å². The summed E-state index contributed by atoms with van der Waals surface area (Å²) in [6.45, 7) is 1.81. The van der Waals surface area contributed by atoms with Gasteiger partial charge in [-0.25, -0.2) is 0 Å². The Bertz CT molecular complexity index is 460. The number of hydrogen-bond donors (Lipinski definition) is 1. The minimum absolute atomic E-state index is 0.891. The van der Waals surface area contributed by atoms with Gasteiger partial charge in [-0.2, -0.15) is 0 Å². The highest BCUT2D eigenvalue weighted by Gasteiger charge is 2.24. The van der Waals surface area contributed by atoms with Crippen LogP contribution < -0.4 is 0 Å². The quantitative estimate of drug-likeness (QED) is 0.887. The fourth-order valence-corrected chi connectivity index (χ4v) is 1.97. The van der Waals surface area contributed by atoms with Gasteiger partial charge < -0.3 is 5.11 Å². The molecule has 0 aliphatic heterocycles. The van der Waals surface area contributed by atoms with Crippen LogP contribution in [0.1, 0.15) is 18.1 Å². The van der Waals surface area contributed by atoms with Gasteiger partial charge in [-0.15, -0.1) is 0 Å². The zero-order valence-corrected chi connectivity index (χ0v) is 10.6. The fourth-order valence-electron chi connectivity index (χ4n) is 1.70. The van der Waals surface area contributed by atoms with Crippen molar-refractivity contribution in [3.63, 3.8) is 0 Å². The van der Waals surface area contributed by atoms with Crippen LogP contribution in [0.3, 0.4) is 0 Å². The molecule has 0 saturated heterocycles. The maximum absolute atomic E-state index is 10.5. The van der Waals surface area contributed by atoms with E-state index in [-0.39, 0.29) is 0 Å². The summed E-state index contributed by atoms with van der Waals surface area (Å²) in [6, 6.07) is 17.4. The van der Waals surface area contributed by atoms with Gasteiger partial charge in [-0.1, -0.05) is 58.4 Å². The number of rotatable bonds is 2. The molecule has 1 N–H and O–H groups in total. The third-order valence-corrected chi connectivity index (χ3v) is 3.27. The van der Waals surface area contributed by atoms with Crippen molar-refractivity contribution in [2.24, 2.45) is 0 Å². The van der Waals surface area contributed by atoms with Crippen LogP contribution in [0.2, 0.25) is 0 Å². The predicted molar refractivity (Wildman–Crippen MR) is 69.3 cm³/mol. The van der Waals surface area contributed by atoms with E-state index in [0.29, 0.717) is 0 Å². The molecule has 0 saturated carbocycles. The van der Waals surface area contributed by atoms with Gasteiger partial charge in [0.05, 0.1) is 0 Å². The standard InChI is InChI=1S/C14H13BrO/c1-14(16,11-5-3-2-4-6-11)12-7-9-13(15)10-8-12/h2-10,16H,1H3/t14-/m0/s1. The average Bonchev–Trinajstić information content (AvgIpc) is 2.31. The lowest BCUT2D eigenvalue weighted by molar-refractivity contribution is 0.102. The Labute approximate surface area is 104 Å². The van der Waals surface area contributed by atoms with E-state index in [1.54, 1.807) is 0 Å². The number of benzene rings is 2. The first-order valence-corrected chi connectivity index (χ1v) is 5.94. The molecule has 0 aliphatic rings. The Balaban J connectivity index is 2.43. The van der Waals surface area contributed by atoms with Gasteiger partial charge in [-0.05, 0) is 30.2 Å². The van der Waals surface area contributed by atoms with Gasteiger partial charge in [0, 0.05) is 4.47 Å². The second-order valence-corrected chi connectivity index (χ2v) is 4.86. The van der Waals surface area contributed by atoms with E-state index >= 15 is 0 Å². The summed E-state index contributed by atoms with van der Waals surface area (Å²) in [4.78, 5) is 0. The molecule has 1 nitrogen and oxygen atoms in total. The summed E-state index contributed by atoms with van der Waals surface area (Å²) in [6.07, 6.45) is 0. The van der Waals surface area contributed by atoms with E-state index in [1.807, 2.05) is 61.5 Å². The van der Waals surface area contributed by atoms with Gasteiger partial charge in [0.2, 0.25) is 0 Å². The topological polar surface area (TPSA) is 20.2 Å². The number of hydrogen-bond acceptors (Lipinski definition) is 1. The third kappa shape index (κ3) is 2.18. The third-order valence-electron chi connectivity index (χ3n) is 2.74. The van der Waals surface area contributed by atoms with Crippen molar-refractivity contribution < 1.29 is 5.11 Å². The van der Waals surface area contributed by atoms with E-state index in [0.717, 1.165) is 15.6 Å². The molecule has 0 heterocycles. The Kier molecular flexibility index (Phi) is 3.13. The van der Waals surface area contributed by atoms with Gasteiger partial charge >= 0.3 is 0 Å². The first-order valence-electron chi connectivity index (χ1n) is 5.14. The van der Waals surface area contributed by atoms with E-state index in [9.17, 15) is 5.11 Å². The Morgan fingerprint density at radius 3 is 1.94 bits per heavy atom. The maximum Gasteiger partial charge on any atom is 0.112 e. The lowest BCUT2D eigenvalue weighted by Gasteiger charge is -2.24. The van der Waals surface area contributed by atoms with E-state index < -0.39 is 5.60 Å². The Morgan fingerprint density at radius 2 is 1.38 bits per heavy atom. The molecule has 2 heteroatoms. The molecule has 0 radical (unpaired) electrons. The lowest BCUT2D eigenvalue weighted by Crippen LogP contribution is -2.22. The van der Waals surface area contributed by atoms with Crippen LogP contribution in [-0.2, 0) is 5.60 Å². The molecular weight excluding hydrogens is 264 g/mol. The van der Waals surface area contributed by atoms with Crippen molar-refractivity contribution in [3.05, 3.63) is 70.2 Å². The van der Waals surface area contributed by atoms with Crippen LogP contribution in [0.4, 0.5) is 0 Å². The molecule has 2 rings (SSSR count). The normalized spacial score (nSPS) is 14.4. The van der Waals surface area contributed by atoms with Gasteiger partial charge in [0.15, 0.2) is 0 Å². The first-order chi connectivity index (χ1) is 7.60. The van der Waals surface area contributed by atoms with E-state index in [1.165, 1.54) is 0 Å². The van der Waals surface area contributed by atoms with Gasteiger partial charge in [0.25, 0.3) is 0 Å². The SMILES string of the molecule is C[C@](O)(c1ccccc1)c1ccc(Br)cc1. The molecule has 0 spiro atoms. The summed E-state index contributed by atoms with van der Waals surface area (Å²) < 4.78 is 1.01. The predicted octanol–water partition coefficient (Wildman–Crippen LogP) is 3.70. The zero-order valence-electron chi connectivity index (χ0n) is 9.02. The summed E-state index contributed by atoms with van der Waals surface area (Å²) >= 11 is 3.39. The van der Waals surface area contributed by atoms with Crippen LogP contribution >= 0.6 is 15.9 Å². The van der Waals surface area contributed by atoms with Crippen molar-refractivity contribution >= 4 is 15.9 Å². The highest BCUT2D eigenvalue weighted by atomic mass is 79.9. The highest BCUT2D eigenvalue weighted by Crippen LogP contribution is 2.29. The minimum atomic E-state index is -0.942. The van der Waals surface area contributed by atoms with Crippen molar-refractivity contribution in [2.75, 3.05) is 0 Å². The molecule has 0 aromatic heterocycles. The minimum Gasteiger partial charge on any atom is -0.381 e. The number of aliphatic hydroxyl groups is 1. The first kappa shape index (κ1) is 11.4. The molecule has 0 bridgehead atoms. The van der Waals surface area contributed by atoms with Gasteiger partial charge in [0.1, 0.15) is 5.60 Å². The van der Waals surface area contributed by atoms with Crippen molar-refractivity contribution in [3.8, 4) is 0 Å². The molecule has 0 aliphatic carbocycles.